The largest absolute Gasteiger partial charge is 0.313 e. The smallest absolute Gasteiger partial charge is 0.0537 e. The fraction of sp³-hybridized carbons (Fsp3) is 0.0833. The zero-order valence-electron chi connectivity index (χ0n) is 28.1. The molecular formula is C48H34N2S. The molecule has 2 aliphatic rings. The van der Waals surface area contributed by atoms with E-state index >= 15 is 0 Å². The number of aromatic nitrogens is 2. The van der Waals surface area contributed by atoms with Crippen LogP contribution in [0.5, 0.6) is 0 Å². The van der Waals surface area contributed by atoms with Gasteiger partial charge in [0.2, 0.25) is 0 Å². The van der Waals surface area contributed by atoms with Crippen LogP contribution in [-0.4, -0.2) is 9.13 Å². The second kappa shape index (κ2) is 11.3. The van der Waals surface area contributed by atoms with Gasteiger partial charge in [-0.05, 0) is 107 Å². The van der Waals surface area contributed by atoms with Crippen LogP contribution in [0.25, 0.3) is 77.0 Å². The van der Waals surface area contributed by atoms with Gasteiger partial charge in [0.1, 0.15) is 0 Å². The molecule has 0 aliphatic heterocycles. The van der Waals surface area contributed by atoms with Crippen molar-refractivity contribution in [3.8, 4) is 16.8 Å². The number of rotatable bonds is 4. The third-order valence-electron chi connectivity index (χ3n) is 11.1. The third kappa shape index (κ3) is 4.41. The lowest BCUT2D eigenvalue weighted by molar-refractivity contribution is 0.873. The number of nitrogens with zero attached hydrogens (tertiary/aromatic N) is 2. The lowest BCUT2D eigenvalue weighted by Gasteiger charge is -2.20. The van der Waals surface area contributed by atoms with E-state index in [-0.39, 0.29) is 0 Å². The monoisotopic (exact) mass is 670 g/mol. The molecule has 2 aliphatic carbocycles. The van der Waals surface area contributed by atoms with Crippen LogP contribution in [0.1, 0.15) is 40.1 Å². The fourth-order valence-corrected chi connectivity index (χ4v) is 10.2. The van der Waals surface area contributed by atoms with Crippen LogP contribution in [0.3, 0.4) is 0 Å². The second-order valence-corrected chi connectivity index (χ2v) is 15.0. The van der Waals surface area contributed by atoms with Gasteiger partial charge in [0.15, 0.2) is 0 Å². The number of aryl methyl sites for hydroxylation is 1. The molecule has 0 saturated carbocycles. The Hall–Kier alpha value is -5.90. The van der Waals surface area contributed by atoms with Crippen molar-refractivity contribution in [3.05, 3.63) is 179 Å². The second-order valence-electron chi connectivity index (χ2n) is 13.9. The molecule has 51 heavy (non-hydrogen) atoms. The first-order valence-corrected chi connectivity index (χ1v) is 18.9. The number of fused-ring (bicyclic) bond motifs is 9. The van der Waals surface area contributed by atoms with Gasteiger partial charge >= 0.3 is 0 Å². The van der Waals surface area contributed by atoms with Crippen molar-refractivity contribution in [2.75, 3.05) is 0 Å². The van der Waals surface area contributed by atoms with Gasteiger partial charge < -0.3 is 9.13 Å². The van der Waals surface area contributed by atoms with Crippen LogP contribution in [0.2, 0.25) is 0 Å². The molecule has 0 saturated heterocycles. The Balaban J connectivity index is 1.02. The Morgan fingerprint density at radius 1 is 0.490 bits per heavy atom. The molecule has 3 heterocycles. The maximum absolute atomic E-state index is 2.52. The normalized spacial score (nSPS) is 14.2. The summed E-state index contributed by atoms with van der Waals surface area (Å²) in [6.45, 7) is 0. The van der Waals surface area contributed by atoms with Gasteiger partial charge in [-0.15, -0.1) is 11.3 Å². The average Bonchev–Trinajstić information content (AvgIpc) is 3.86. The molecular weight excluding hydrogens is 637 g/mol. The Labute approximate surface area is 300 Å². The van der Waals surface area contributed by atoms with E-state index in [1.54, 1.807) is 0 Å². The van der Waals surface area contributed by atoms with Crippen molar-refractivity contribution in [1.82, 2.24) is 9.13 Å². The quantitative estimate of drug-likeness (QED) is 0.176. The van der Waals surface area contributed by atoms with E-state index in [4.69, 9.17) is 0 Å². The molecule has 0 fully saturated rings. The van der Waals surface area contributed by atoms with Gasteiger partial charge in [-0.3, -0.25) is 0 Å². The maximum atomic E-state index is 2.52. The van der Waals surface area contributed by atoms with Crippen LogP contribution < -0.4 is 0 Å². The molecule has 0 bridgehead atoms. The number of benzene rings is 6. The molecule has 0 spiro atoms. The summed E-state index contributed by atoms with van der Waals surface area (Å²) in [5.74, 6) is 0. The first kappa shape index (κ1) is 28.9. The Morgan fingerprint density at radius 3 is 1.90 bits per heavy atom. The predicted octanol–water partition coefficient (Wildman–Crippen LogP) is 12.9. The van der Waals surface area contributed by atoms with Crippen molar-refractivity contribution in [1.29, 1.82) is 0 Å². The van der Waals surface area contributed by atoms with Gasteiger partial charge in [-0.2, -0.15) is 0 Å². The zero-order chi connectivity index (χ0) is 33.5. The van der Waals surface area contributed by atoms with E-state index in [2.05, 4.69) is 167 Å². The minimum Gasteiger partial charge on any atom is -0.313 e. The molecule has 0 N–H and O–H groups in total. The maximum Gasteiger partial charge on any atom is 0.0537 e. The highest BCUT2D eigenvalue weighted by molar-refractivity contribution is 7.20. The summed E-state index contributed by atoms with van der Waals surface area (Å²) in [5.41, 5.74) is 15.8. The average molecular weight is 671 g/mol. The summed E-state index contributed by atoms with van der Waals surface area (Å²) in [5, 5.41) is 5.35. The number of para-hydroxylation sites is 3. The molecule has 2 nitrogen and oxygen atoms in total. The molecule has 9 aromatic rings. The predicted molar refractivity (Wildman–Crippen MR) is 218 cm³/mol. The minimum absolute atomic E-state index is 0.974. The topological polar surface area (TPSA) is 9.86 Å². The third-order valence-corrected chi connectivity index (χ3v) is 12.4. The lowest BCUT2D eigenvalue weighted by Crippen LogP contribution is -2.08. The minimum atomic E-state index is 0.974. The van der Waals surface area contributed by atoms with E-state index in [0.29, 0.717) is 0 Å². The summed E-state index contributed by atoms with van der Waals surface area (Å²) in [7, 11) is 0. The number of thiophene rings is 1. The summed E-state index contributed by atoms with van der Waals surface area (Å²) in [4.78, 5) is 1.44. The van der Waals surface area contributed by atoms with Gasteiger partial charge in [0.05, 0.1) is 16.6 Å². The molecule has 242 valence electrons. The number of hydrogen-bond donors (Lipinski definition) is 0. The summed E-state index contributed by atoms with van der Waals surface area (Å²) in [6, 6.07) is 53.8. The van der Waals surface area contributed by atoms with Crippen molar-refractivity contribution in [2.24, 2.45) is 0 Å². The van der Waals surface area contributed by atoms with Gasteiger partial charge in [-0.25, -0.2) is 0 Å². The van der Waals surface area contributed by atoms with Crippen molar-refractivity contribution in [3.63, 3.8) is 0 Å². The highest BCUT2D eigenvalue weighted by atomic mass is 32.1. The molecule has 0 unspecified atom stereocenters. The first-order chi connectivity index (χ1) is 25.3. The van der Waals surface area contributed by atoms with Crippen molar-refractivity contribution >= 4 is 71.5 Å². The van der Waals surface area contributed by atoms with Crippen LogP contribution in [-0.2, 0) is 12.8 Å². The summed E-state index contributed by atoms with van der Waals surface area (Å²) < 4.78 is 6.40. The number of allylic oxidation sites excluding steroid dienone is 2. The zero-order valence-corrected chi connectivity index (χ0v) is 29.0. The highest BCUT2D eigenvalue weighted by Gasteiger charge is 2.24. The molecule has 6 aromatic carbocycles. The Bertz CT molecular complexity index is 2870. The van der Waals surface area contributed by atoms with Gasteiger partial charge in [0.25, 0.3) is 0 Å². The van der Waals surface area contributed by atoms with Crippen LogP contribution >= 0.6 is 11.3 Å². The molecule has 3 heteroatoms. The van der Waals surface area contributed by atoms with E-state index in [1.807, 2.05) is 11.3 Å². The summed E-state index contributed by atoms with van der Waals surface area (Å²) >= 11 is 1.94. The summed E-state index contributed by atoms with van der Waals surface area (Å²) in [6.07, 6.45) is 9.07. The molecule has 3 aromatic heterocycles. The molecule has 0 atom stereocenters. The number of hydrogen-bond acceptors (Lipinski definition) is 1. The molecule has 0 radical (unpaired) electrons. The van der Waals surface area contributed by atoms with Crippen LogP contribution in [0.4, 0.5) is 0 Å². The molecule has 0 amide bonds. The van der Waals surface area contributed by atoms with E-state index in [1.165, 1.54) is 98.1 Å². The Kier molecular flexibility index (Phi) is 6.41. The van der Waals surface area contributed by atoms with Crippen LogP contribution in [0.15, 0.2) is 152 Å². The Morgan fingerprint density at radius 2 is 1.12 bits per heavy atom. The SMILES string of the molecule is C1=C(c2cccc(-c3cccc(-n4c5c(c6ccccc64)C=C(n4c6ccccc6c6ccccc64)CC5)c3)c2)c2sc3ccccc3c2CC1. The highest BCUT2D eigenvalue weighted by Crippen LogP contribution is 2.44. The lowest BCUT2D eigenvalue weighted by atomic mass is 9.90. The van der Waals surface area contributed by atoms with E-state index in [9.17, 15) is 0 Å². The first-order valence-electron chi connectivity index (χ1n) is 18.0. The van der Waals surface area contributed by atoms with Gasteiger partial charge in [0, 0.05) is 48.4 Å². The molecule has 11 rings (SSSR count). The fourth-order valence-electron chi connectivity index (χ4n) is 8.87. The van der Waals surface area contributed by atoms with E-state index in [0.717, 1.165) is 25.7 Å². The van der Waals surface area contributed by atoms with Crippen molar-refractivity contribution in [2.45, 2.75) is 25.7 Å². The van der Waals surface area contributed by atoms with Crippen molar-refractivity contribution < 1.29 is 0 Å². The standard InChI is InChI=1S/C48H34N2S/c1-5-22-43-37(16-1)38-17-2-6-23-44(38)50(43)35-26-27-46-42(30-35)39-18-3-7-24-45(39)49(46)34-15-10-13-32(29-34)31-12-9-14-33(28-31)36-20-11-21-41-40-19-4-8-25-47(40)51-48(36)41/h1-10,12-20,22-25,28-30H,11,21,26-27H2. The van der Waals surface area contributed by atoms with Gasteiger partial charge in [-0.1, -0.05) is 109 Å². The van der Waals surface area contributed by atoms with E-state index < -0.39 is 0 Å². The van der Waals surface area contributed by atoms with Crippen LogP contribution in [0, 0.1) is 0 Å².